The van der Waals surface area contributed by atoms with Crippen LogP contribution < -0.4 is 5.73 Å². The molecule has 0 bridgehead atoms. The van der Waals surface area contributed by atoms with Crippen molar-refractivity contribution < 1.29 is 9.53 Å². The highest BCUT2D eigenvalue weighted by Crippen LogP contribution is 2.19. The van der Waals surface area contributed by atoms with E-state index in [0.29, 0.717) is 32.7 Å². The average Bonchev–Trinajstić information content (AvgIpc) is 2.84. The summed E-state index contributed by atoms with van der Waals surface area (Å²) in [6, 6.07) is 9.96. The van der Waals surface area contributed by atoms with Crippen LogP contribution in [0.25, 0.3) is 0 Å². The zero-order valence-corrected chi connectivity index (χ0v) is 10.8. The van der Waals surface area contributed by atoms with Gasteiger partial charge in [0.2, 0.25) is 5.91 Å². The number of nitrogens with two attached hydrogens (primary N) is 1. The molecule has 4 heteroatoms. The topological polar surface area (TPSA) is 55.6 Å². The Morgan fingerprint density at radius 1 is 1.44 bits per heavy atom. The van der Waals surface area contributed by atoms with E-state index < -0.39 is 5.54 Å². The van der Waals surface area contributed by atoms with E-state index in [4.69, 9.17) is 10.5 Å². The first-order chi connectivity index (χ1) is 8.65. The summed E-state index contributed by atoms with van der Waals surface area (Å²) in [5, 5.41) is 0. The molecule has 2 N–H and O–H groups in total. The normalized spacial score (nSPS) is 23.0. The molecule has 1 aromatic carbocycles. The number of carbonyl (C=O) groups excluding carboxylic acids is 1. The molecular formula is C14H20N2O2. The number of likely N-dealkylation sites (N-methyl/N-ethyl adjacent to an activating group) is 1. The van der Waals surface area contributed by atoms with Crippen LogP contribution in [0.5, 0.6) is 0 Å². The highest BCUT2D eigenvalue weighted by Gasteiger charge is 2.40. The number of amides is 1. The first kappa shape index (κ1) is 13.1. The van der Waals surface area contributed by atoms with Crippen molar-refractivity contribution in [3.63, 3.8) is 0 Å². The van der Waals surface area contributed by atoms with Crippen LogP contribution in [0.3, 0.4) is 0 Å². The second-order valence-corrected chi connectivity index (χ2v) is 4.76. The Kier molecular flexibility index (Phi) is 3.99. The monoisotopic (exact) mass is 248 g/mol. The van der Waals surface area contributed by atoms with Crippen LogP contribution in [0.15, 0.2) is 30.3 Å². The summed E-state index contributed by atoms with van der Waals surface area (Å²) in [4.78, 5) is 14.2. The van der Waals surface area contributed by atoms with Crippen LogP contribution in [0, 0.1) is 0 Å². The predicted octanol–water partition coefficient (Wildman–Crippen LogP) is 1.15. The van der Waals surface area contributed by atoms with Gasteiger partial charge in [0.05, 0.1) is 6.61 Å². The van der Waals surface area contributed by atoms with Gasteiger partial charge in [0.25, 0.3) is 0 Å². The lowest BCUT2D eigenvalue weighted by Crippen LogP contribution is -2.55. The number of carbonyl (C=O) groups is 1. The maximum absolute atomic E-state index is 12.4. The van der Waals surface area contributed by atoms with Crippen molar-refractivity contribution in [2.45, 2.75) is 25.4 Å². The average molecular weight is 248 g/mol. The lowest BCUT2D eigenvalue weighted by Gasteiger charge is -2.29. The summed E-state index contributed by atoms with van der Waals surface area (Å²) in [5.74, 6) is -0.00801. The molecule has 1 aliphatic heterocycles. The zero-order valence-electron chi connectivity index (χ0n) is 10.8. The third kappa shape index (κ3) is 2.71. The summed E-state index contributed by atoms with van der Waals surface area (Å²) in [5.41, 5.74) is 6.41. The number of benzene rings is 1. The molecule has 1 saturated heterocycles. The van der Waals surface area contributed by atoms with Gasteiger partial charge < -0.3 is 15.4 Å². The molecule has 98 valence electrons. The van der Waals surface area contributed by atoms with Gasteiger partial charge in [-0.15, -0.1) is 0 Å². The van der Waals surface area contributed by atoms with Crippen molar-refractivity contribution >= 4 is 5.91 Å². The highest BCUT2D eigenvalue weighted by molar-refractivity contribution is 5.86. The molecule has 2 rings (SSSR count). The standard InChI is InChI=1S/C14H20N2O2/c1-2-16(10-12-6-4-3-5-7-12)13(17)14(15)8-9-18-11-14/h3-7H,2,8-11,15H2,1H3. The van der Waals surface area contributed by atoms with Gasteiger partial charge in [-0.25, -0.2) is 0 Å². The quantitative estimate of drug-likeness (QED) is 0.869. The van der Waals surface area contributed by atoms with Crippen molar-refractivity contribution in [3.8, 4) is 0 Å². The van der Waals surface area contributed by atoms with Crippen molar-refractivity contribution in [1.82, 2.24) is 4.90 Å². The van der Waals surface area contributed by atoms with E-state index >= 15 is 0 Å². The molecule has 1 fully saturated rings. The summed E-state index contributed by atoms with van der Waals surface area (Å²) in [6.07, 6.45) is 0.608. The molecular weight excluding hydrogens is 228 g/mol. The molecule has 1 heterocycles. The van der Waals surface area contributed by atoms with Gasteiger partial charge >= 0.3 is 0 Å². The number of hydrogen-bond acceptors (Lipinski definition) is 3. The van der Waals surface area contributed by atoms with E-state index in [9.17, 15) is 4.79 Å². The molecule has 4 nitrogen and oxygen atoms in total. The molecule has 1 amide bonds. The number of nitrogens with zero attached hydrogens (tertiary/aromatic N) is 1. The van der Waals surface area contributed by atoms with Gasteiger partial charge in [0, 0.05) is 19.7 Å². The molecule has 0 spiro atoms. The molecule has 0 radical (unpaired) electrons. The number of rotatable bonds is 4. The predicted molar refractivity (Wildman–Crippen MR) is 69.9 cm³/mol. The molecule has 18 heavy (non-hydrogen) atoms. The maximum Gasteiger partial charge on any atom is 0.245 e. The first-order valence-corrected chi connectivity index (χ1v) is 6.35. The van der Waals surface area contributed by atoms with Gasteiger partial charge in [0.1, 0.15) is 5.54 Å². The molecule has 1 aliphatic rings. The lowest BCUT2D eigenvalue weighted by atomic mass is 9.98. The van der Waals surface area contributed by atoms with Gasteiger partial charge in [-0.1, -0.05) is 30.3 Å². The van der Waals surface area contributed by atoms with E-state index in [0.717, 1.165) is 5.56 Å². The summed E-state index contributed by atoms with van der Waals surface area (Å²) in [6.45, 7) is 4.14. The fourth-order valence-electron chi connectivity index (χ4n) is 2.20. The minimum absolute atomic E-state index is 0.00801. The Bertz CT molecular complexity index is 400. The van der Waals surface area contributed by atoms with Crippen LogP contribution in [0.1, 0.15) is 18.9 Å². The van der Waals surface area contributed by atoms with Gasteiger partial charge in [-0.2, -0.15) is 0 Å². The molecule has 1 atom stereocenters. The highest BCUT2D eigenvalue weighted by atomic mass is 16.5. The van der Waals surface area contributed by atoms with Crippen LogP contribution >= 0.6 is 0 Å². The Hall–Kier alpha value is -1.39. The first-order valence-electron chi connectivity index (χ1n) is 6.35. The van der Waals surface area contributed by atoms with E-state index in [1.165, 1.54) is 0 Å². The van der Waals surface area contributed by atoms with Crippen LogP contribution in [0.2, 0.25) is 0 Å². The van der Waals surface area contributed by atoms with Crippen molar-refractivity contribution in [2.75, 3.05) is 19.8 Å². The van der Waals surface area contributed by atoms with E-state index in [1.54, 1.807) is 4.90 Å². The Balaban J connectivity index is 2.07. The second-order valence-electron chi connectivity index (χ2n) is 4.76. The number of hydrogen-bond donors (Lipinski definition) is 1. The van der Waals surface area contributed by atoms with Gasteiger partial charge in [-0.05, 0) is 18.9 Å². The minimum atomic E-state index is -0.829. The Labute approximate surface area is 108 Å². The summed E-state index contributed by atoms with van der Waals surface area (Å²) < 4.78 is 5.25. The van der Waals surface area contributed by atoms with Gasteiger partial charge in [-0.3, -0.25) is 4.79 Å². The van der Waals surface area contributed by atoms with Gasteiger partial charge in [0.15, 0.2) is 0 Å². The summed E-state index contributed by atoms with van der Waals surface area (Å²) >= 11 is 0. The van der Waals surface area contributed by atoms with Crippen molar-refractivity contribution in [1.29, 1.82) is 0 Å². The third-order valence-corrected chi connectivity index (χ3v) is 3.36. The SMILES string of the molecule is CCN(Cc1ccccc1)C(=O)C1(N)CCOC1. The van der Waals surface area contributed by atoms with E-state index in [1.807, 2.05) is 37.3 Å². The Morgan fingerprint density at radius 2 is 2.17 bits per heavy atom. The molecule has 0 saturated carbocycles. The van der Waals surface area contributed by atoms with E-state index in [-0.39, 0.29) is 5.91 Å². The van der Waals surface area contributed by atoms with Crippen molar-refractivity contribution in [2.24, 2.45) is 5.73 Å². The molecule has 1 aromatic rings. The van der Waals surface area contributed by atoms with Crippen LogP contribution in [-0.4, -0.2) is 36.1 Å². The lowest BCUT2D eigenvalue weighted by molar-refractivity contribution is -0.137. The maximum atomic E-state index is 12.4. The third-order valence-electron chi connectivity index (χ3n) is 3.36. The molecule has 0 aliphatic carbocycles. The van der Waals surface area contributed by atoms with Crippen LogP contribution in [0.4, 0.5) is 0 Å². The smallest absolute Gasteiger partial charge is 0.245 e. The fraction of sp³-hybridized carbons (Fsp3) is 0.500. The zero-order chi connectivity index (χ0) is 13.0. The minimum Gasteiger partial charge on any atom is -0.379 e. The number of ether oxygens (including phenoxy) is 1. The van der Waals surface area contributed by atoms with Crippen LogP contribution in [-0.2, 0) is 16.1 Å². The van der Waals surface area contributed by atoms with Crippen molar-refractivity contribution in [3.05, 3.63) is 35.9 Å². The second kappa shape index (κ2) is 5.50. The Morgan fingerprint density at radius 3 is 2.72 bits per heavy atom. The molecule has 0 aromatic heterocycles. The summed E-state index contributed by atoms with van der Waals surface area (Å²) in [7, 11) is 0. The fourth-order valence-corrected chi connectivity index (χ4v) is 2.20. The van der Waals surface area contributed by atoms with E-state index in [2.05, 4.69) is 0 Å². The largest absolute Gasteiger partial charge is 0.379 e. The molecule has 1 unspecified atom stereocenters.